The molecule has 4 aromatic rings. The van der Waals surface area contributed by atoms with Crippen LogP contribution in [0.2, 0.25) is 0 Å². The van der Waals surface area contributed by atoms with Crippen LogP contribution >= 0.6 is 0 Å². The van der Waals surface area contributed by atoms with Crippen molar-refractivity contribution < 1.29 is 18.9 Å². The Morgan fingerprint density at radius 1 is 0.971 bits per heavy atom. The molecule has 1 saturated heterocycles. The number of methoxy groups -OCH3 is 3. The molecule has 1 N–H and O–H groups in total. The number of ether oxygens (including phenoxy) is 4. The second kappa shape index (κ2) is 10.4. The largest absolute Gasteiger partial charge is 0.497 e. The third-order valence-electron chi connectivity index (χ3n) is 6.51. The van der Waals surface area contributed by atoms with Gasteiger partial charge >= 0.3 is 0 Å². The molecule has 0 radical (unpaired) electrons. The van der Waals surface area contributed by atoms with Crippen LogP contribution in [0.5, 0.6) is 17.2 Å². The lowest BCUT2D eigenvalue weighted by molar-refractivity contribution is 0.0391. The van der Waals surface area contributed by atoms with E-state index in [1.807, 2.05) is 36.4 Å². The molecule has 0 unspecified atom stereocenters. The van der Waals surface area contributed by atoms with E-state index in [1.165, 1.54) is 0 Å². The molecule has 1 fully saturated rings. The van der Waals surface area contributed by atoms with Gasteiger partial charge in [0.15, 0.2) is 5.82 Å². The normalized spacial score (nSPS) is 14.4. The Morgan fingerprint density at radius 2 is 1.74 bits per heavy atom. The van der Waals surface area contributed by atoms with E-state index >= 15 is 0 Å². The number of hydrogen-bond acceptors (Lipinski definition) is 8. The topological polar surface area (TPSA) is 85.0 Å². The van der Waals surface area contributed by atoms with Gasteiger partial charge in [-0.25, -0.2) is 9.97 Å². The molecule has 2 aromatic heterocycles. The van der Waals surface area contributed by atoms with Crippen molar-refractivity contribution in [2.24, 2.45) is 0 Å². The minimum absolute atomic E-state index is 0.607. The zero-order chi connectivity index (χ0) is 24.2. The lowest BCUT2D eigenvalue weighted by Gasteiger charge is -2.31. The zero-order valence-electron chi connectivity index (χ0n) is 20.4. The highest BCUT2D eigenvalue weighted by Crippen LogP contribution is 2.33. The summed E-state index contributed by atoms with van der Waals surface area (Å²) in [4.78, 5) is 17.6. The molecule has 1 aliphatic heterocycles. The first kappa shape index (κ1) is 23.2. The number of aromatic nitrogens is 3. The van der Waals surface area contributed by atoms with Crippen LogP contribution in [-0.2, 0) is 11.3 Å². The molecule has 1 aliphatic rings. The molecule has 0 bridgehead atoms. The molecule has 0 amide bonds. The molecule has 9 nitrogen and oxygen atoms in total. The van der Waals surface area contributed by atoms with E-state index in [-0.39, 0.29) is 0 Å². The average Bonchev–Trinajstić information content (AvgIpc) is 3.29. The predicted octanol–water partition coefficient (Wildman–Crippen LogP) is 3.48. The van der Waals surface area contributed by atoms with E-state index < -0.39 is 0 Å². The van der Waals surface area contributed by atoms with Gasteiger partial charge in [-0.2, -0.15) is 0 Å². The van der Waals surface area contributed by atoms with Crippen molar-refractivity contribution in [2.45, 2.75) is 6.54 Å². The molecule has 35 heavy (non-hydrogen) atoms. The number of anilines is 1. The van der Waals surface area contributed by atoms with Crippen LogP contribution in [0.4, 0.5) is 5.82 Å². The van der Waals surface area contributed by atoms with Crippen LogP contribution < -0.4 is 19.1 Å². The number of H-pyrrole nitrogens is 1. The molecule has 0 atom stereocenters. The summed E-state index contributed by atoms with van der Waals surface area (Å²) >= 11 is 0. The number of morpholine rings is 1. The van der Waals surface area contributed by atoms with Gasteiger partial charge in [0.25, 0.3) is 0 Å². The summed E-state index contributed by atoms with van der Waals surface area (Å²) in [6, 6.07) is 11.8. The fourth-order valence-electron chi connectivity index (χ4n) is 4.58. The molecule has 2 aromatic carbocycles. The van der Waals surface area contributed by atoms with Gasteiger partial charge in [-0.1, -0.05) is 0 Å². The third kappa shape index (κ3) is 4.82. The number of hydrogen-bond donors (Lipinski definition) is 1. The van der Waals surface area contributed by atoms with E-state index in [0.29, 0.717) is 6.54 Å². The van der Waals surface area contributed by atoms with Crippen LogP contribution in [0.15, 0.2) is 42.7 Å². The summed E-state index contributed by atoms with van der Waals surface area (Å²) in [5.74, 6) is 3.25. The summed E-state index contributed by atoms with van der Waals surface area (Å²) < 4.78 is 22.1. The molecular formula is C26H31N5O4. The Kier molecular flexibility index (Phi) is 6.87. The SMILES string of the molecule is COc1ccc(OC)c(CN(CCN2CCOCC2)c2ncnc3c2[nH]c2ccc(OC)cc23)c1. The maximum absolute atomic E-state index is 5.67. The van der Waals surface area contributed by atoms with Gasteiger partial charge in [-0.15, -0.1) is 0 Å². The van der Waals surface area contributed by atoms with Gasteiger partial charge in [0, 0.05) is 49.2 Å². The van der Waals surface area contributed by atoms with Crippen molar-refractivity contribution in [1.29, 1.82) is 0 Å². The van der Waals surface area contributed by atoms with Crippen molar-refractivity contribution in [3.63, 3.8) is 0 Å². The Hall–Kier alpha value is -3.56. The number of rotatable bonds is 9. The standard InChI is InChI=1S/C26H31N5O4/c1-32-19-5-7-23(34-3)18(14-19)16-31(9-8-30-10-12-35-13-11-30)26-25-24(27-17-28-26)21-15-20(33-2)4-6-22(21)29-25/h4-7,14-15,17,29H,8-13,16H2,1-3H3. The minimum atomic E-state index is 0.607. The first-order valence-electron chi connectivity index (χ1n) is 11.8. The lowest BCUT2D eigenvalue weighted by atomic mass is 10.1. The molecule has 0 spiro atoms. The predicted molar refractivity (Wildman–Crippen MR) is 136 cm³/mol. The highest BCUT2D eigenvalue weighted by molar-refractivity contribution is 6.08. The van der Waals surface area contributed by atoms with Crippen LogP contribution in [0.3, 0.4) is 0 Å². The van der Waals surface area contributed by atoms with Gasteiger partial charge in [-0.05, 0) is 36.4 Å². The van der Waals surface area contributed by atoms with Crippen LogP contribution in [-0.4, -0.2) is 80.6 Å². The van der Waals surface area contributed by atoms with Crippen molar-refractivity contribution in [3.8, 4) is 17.2 Å². The molecular weight excluding hydrogens is 446 g/mol. The van der Waals surface area contributed by atoms with Crippen molar-refractivity contribution in [2.75, 3.05) is 65.6 Å². The Bertz CT molecular complexity index is 1300. The Labute approximate surface area is 204 Å². The maximum Gasteiger partial charge on any atom is 0.156 e. The Morgan fingerprint density at radius 3 is 2.51 bits per heavy atom. The summed E-state index contributed by atoms with van der Waals surface area (Å²) in [5.41, 5.74) is 3.80. The highest BCUT2D eigenvalue weighted by Gasteiger charge is 2.20. The first-order valence-corrected chi connectivity index (χ1v) is 11.8. The quantitative estimate of drug-likeness (QED) is 0.392. The number of nitrogens with one attached hydrogen (secondary N) is 1. The second-order valence-corrected chi connectivity index (χ2v) is 8.51. The number of aromatic amines is 1. The zero-order valence-corrected chi connectivity index (χ0v) is 20.4. The van der Waals surface area contributed by atoms with Crippen molar-refractivity contribution in [1.82, 2.24) is 19.9 Å². The molecule has 184 valence electrons. The summed E-state index contributed by atoms with van der Waals surface area (Å²) in [6.07, 6.45) is 1.63. The maximum atomic E-state index is 5.67. The fourth-order valence-corrected chi connectivity index (χ4v) is 4.58. The van der Waals surface area contributed by atoms with Gasteiger partial charge in [0.1, 0.15) is 34.6 Å². The average molecular weight is 478 g/mol. The minimum Gasteiger partial charge on any atom is -0.497 e. The van der Waals surface area contributed by atoms with E-state index in [0.717, 1.165) is 90.0 Å². The van der Waals surface area contributed by atoms with Gasteiger partial charge in [0.2, 0.25) is 0 Å². The summed E-state index contributed by atoms with van der Waals surface area (Å²) in [6.45, 7) is 5.69. The Balaban J connectivity index is 1.55. The molecule has 5 rings (SSSR count). The summed E-state index contributed by atoms with van der Waals surface area (Å²) in [7, 11) is 5.04. The van der Waals surface area contributed by atoms with E-state index in [9.17, 15) is 0 Å². The summed E-state index contributed by atoms with van der Waals surface area (Å²) in [5, 5.41) is 1.01. The second-order valence-electron chi connectivity index (χ2n) is 8.51. The van der Waals surface area contributed by atoms with Gasteiger partial charge in [-0.3, -0.25) is 4.90 Å². The highest BCUT2D eigenvalue weighted by atomic mass is 16.5. The third-order valence-corrected chi connectivity index (χ3v) is 6.51. The van der Waals surface area contributed by atoms with E-state index in [4.69, 9.17) is 23.9 Å². The van der Waals surface area contributed by atoms with Crippen molar-refractivity contribution in [3.05, 3.63) is 48.3 Å². The smallest absolute Gasteiger partial charge is 0.156 e. The van der Waals surface area contributed by atoms with E-state index in [2.05, 4.69) is 19.8 Å². The molecule has 0 aliphatic carbocycles. The lowest BCUT2D eigenvalue weighted by Crippen LogP contribution is -2.41. The van der Waals surface area contributed by atoms with Crippen LogP contribution in [0.25, 0.3) is 21.9 Å². The van der Waals surface area contributed by atoms with Gasteiger partial charge in [0.05, 0.1) is 34.5 Å². The fraction of sp³-hybridized carbons (Fsp3) is 0.385. The van der Waals surface area contributed by atoms with E-state index in [1.54, 1.807) is 27.7 Å². The van der Waals surface area contributed by atoms with Crippen molar-refractivity contribution >= 4 is 27.8 Å². The number of fused-ring (bicyclic) bond motifs is 3. The molecule has 3 heterocycles. The number of benzene rings is 2. The first-order chi connectivity index (χ1) is 17.2. The molecule has 0 saturated carbocycles. The monoisotopic (exact) mass is 477 g/mol. The van der Waals surface area contributed by atoms with Crippen LogP contribution in [0.1, 0.15) is 5.56 Å². The molecule has 9 heteroatoms. The number of nitrogens with zero attached hydrogens (tertiary/aromatic N) is 4. The van der Waals surface area contributed by atoms with Gasteiger partial charge < -0.3 is 28.8 Å². The van der Waals surface area contributed by atoms with Crippen LogP contribution in [0, 0.1) is 0 Å².